The fourth-order valence-electron chi connectivity index (χ4n) is 2.27. The van der Waals surface area contributed by atoms with E-state index in [-0.39, 0.29) is 5.43 Å². The number of hydrogen-bond donors (Lipinski definition) is 1. The van der Waals surface area contributed by atoms with Crippen molar-refractivity contribution in [3.05, 3.63) is 40.7 Å². The zero-order chi connectivity index (χ0) is 13.8. The van der Waals surface area contributed by atoms with Crippen molar-refractivity contribution in [2.45, 2.75) is 33.4 Å². The number of likely N-dealkylation sites (N-methyl/N-ethyl adjacent to an activating group) is 1. The van der Waals surface area contributed by atoms with E-state index in [9.17, 15) is 4.79 Å². The molecule has 19 heavy (non-hydrogen) atoms. The van der Waals surface area contributed by atoms with Crippen LogP contribution in [0.5, 0.6) is 0 Å². The van der Waals surface area contributed by atoms with E-state index in [0.29, 0.717) is 12.0 Å². The fraction of sp³-hybridized carbons (Fsp3) is 0.467. The number of fused-ring (bicyclic) bond motifs is 1. The minimum Gasteiger partial charge on any atom is -0.312 e. The molecule has 102 valence electrons. The molecule has 0 saturated heterocycles. The van der Waals surface area contributed by atoms with Crippen LogP contribution in [0, 0.1) is 5.92 Å². The molecule has 1 aromatic carbocycles. The minimum absolute atomic E-state index is 0.0172. The normalized spacial score (nSPS) is 13.1. The highest BCUT2D eigenvalue weighted by Crippen LogP contribution is 2.11. The Morgan fingerprint density at radius 3 is 2.74 bits per heavy atom. The third kappa shape index (κ3) is 3.01. The Bertz CT molecular complexity index is 604. The Labute approximate surface area is 113 Å². The van der Waals surface area contributed by atoms with Gasteiger partial charge in [-0.3, -0.25) is 9.48 Å². The molecule has 0 bridgehead atoms. The van der Waals surface area contributed by atoms with Crippen LogP contribution < -0.4 is 10.7 Å². The quantitative estimate of drug-likeness (QED) is 0.893. The third-order valence-corrected chi connectivity index (χ3v) is 3.40. The van der Waals surface area contributed by atoms with Crippen molar-refractivity contribution in [3.63, 3.8) is 0 Å². The molecule has 2 aromatic rings. The number of para-hydroxylation sites is 1. The monoisotopic (exact) mass is 259 g/mol. The van der Waals surface area contributed by atoms with Crippen molar-refractivity contribution in [2.75, 3.05) is 6.54 Å². The standard InChI is InChI=1S/C15H21N3O/c1-4-16-13(11(2)3)10-18-14-8-6-5-7-12(14)15(19)9-17-18/h5-9,11,13,16H,4,10H2,1-3H3. The molecule has 1 aromatic heterocycles. The van der Waals surface area contributed by atoms with Crippen molar-refractivity contribution in [1.82, 2.24) is 15.1 Å². The van der Waals surface area contributed by atoms with Gasteiger partial charge in [-0.2, -0.15) is 5.10 Å². The maximum Gasteiger partial charge on any atom is 0.207 e. The largest absolute Gasteiger partial charge is 0.312 e. The van der Waals surface area contributed by atoms with Gasteiger partial charge in [0.2, 0.25) is 5.43 Å². The summed E-state index contributed by atoms with van der Waals surface area (Å²) < 4.78 is 1.92. The molecule has 1 atom stereocenters. The lowest BCUT2D eigenvalue weighted by Crippen LogP contribution is -2.38. The van der Waals surface area contributed by atoms with E-state index >= 15 is 0 Å². The van der Waals surface area contributed by atoms with Crippen molar-refractivity contribution >= 4 is 10.9 Å². The third-order valence-electron chi connectivity index (χ3n) is 3.40. The number of nitrogens with one attached hydrogen (secondary N) is 1. The zero-order valence-electron chi connectivity index (χ0n) is 11.8. The zero-order valence-corrected chi connectivity index (χ0v) is 11.8. The molecule has 0 radical (unpaired) electrons. The molecule has 4 heteroatoms. The summed E-state index contributed by atoms with van der Waals surface area (Å²) >= 11 is 0. The minimum atomic E-state index is -0.0172. The summed E-state index contributed by atoms with van der Waals surface area (Å²) in [6.45, 7) is 8.19. The Balaban J connectivity index is 2.40. The first-order valence-electron chi connectivity index (χ1n) is 6.81. The van der Waals surface area contributed by atoms with Crippen LogP contribution in [-0.4, -0.2) is 22.4 Å². The fourth-order valence-corrected chi connectivity index (χ4v) is 2.27. The second-order valence-corrected chi connectivity index (χ2v) is 5.12. The first-order chi connectivity index (χ1) is 9.13. The molecule has 0 aliphatic rings. The molecule has 0 amide bonds. The topological polar surface area (TPSA) is 46.9 Å². The van der Waals surface area contributed by atoms with Gasteiger partial charge < -0.3 is 5.32 Å². The highest BCUT2D eigenvalue weighted by atomic mass is 16.1. The van der Waals surface area contributed by atoms with Gasteiger partial charge in [-0.15, -0.1) is 0 Å². The number of rotatable bonds is 5. The van der Waals surface area contributed by atoms with Crippen molar-refractivity contribution in [3.8, 4) is 0 Å². The van der Waals surface area contributed by atoms with Crippen molar-refractivity contribution < 1.29 is 0 Å². The maximum absolute atomic E-state index is 11.8. The molecule has 0 spiro atoms. The predicted molar refractivity (Wildman–Crippen MR) is 78.3 cm³/mol. The average molecular weight is 259 g/mol. The molecular weight excluding hydrogens is 238 g/mol. The summed E-state index contributed by atoms with van der Waals surface area (Å²) in [6.07, 6.45) is 1.41. The van der Waals surface area contributed by atoms with Crippen LogP contribution >= 0.6 is 0 Å². The second kappa shape index (κ2) is 5.97. The Kier molecular flexibility index (Phi) is 4.32. The number of aromatic nitrogens is 2. The van der Waals surface area contributed by atoms with Crippen LogP contribution in [0.3, 0.4) is 0 Å². The Morgan fingerprint density at radius 1 is 1.32 bits per heavy atom. The SMILES string of the molecule is CCNC(Cn1ncc(=O)c2ccccc21)C(C)C. The molecule has 1 unspecified atom stereocenters. The van der Waals surface area contributed by atoms with E-state index in [4.69, 9.17) is 0 Å². The summed E-state index contributed by atoms with van der Waals surface area (Å²) in [7, 11) is 0. The smallest absolute Gasteiger partial charge is 0.207 e. The lowest BCUT2D eigenvalue weighted by molar-refractivity contribution is 0.351. The summed E-state index contributed by atoms with van der Waals surface area (Å²) in [6, 6.07) is 7.99. The molecule has 1 N–H and O–H groups in total. The number of nitrogens with zero attached hydrogens (tertiary/aromatic N) is 2. The molecule has 0 saturated carbocycles. The average Bonchev–Trinajstić information content (AvgIpc) is 2.41. The molecule has 0 aliphatic carbocycles. The Hall–Kier alpha value is -1.68. The number of benzene rings is 1. The van der Waals surface area contributed by atoms with Gasteiger partial charge in [0.15, 0.2) is 0 Å². The lowest BCUT2D eigenvalue weighted by atomic mass is 10.0. The first-order valence-corrected chi connectivity index (χ1v) is 6.81. The molecule has 0 fully saturated rings. The van der Waals surface area contributed by atoms with Gasteiger partial charge in [-0.05, 0) is 24.6 Å². The van der Waals surface area contributed by atoms with Crippen LogP contribution in [0.25, 0.3) is 10.9 Å². The molecule has 1 heterocycles. The van der Waals surface area contributed by atoms with E-state index in [1.807, 2.05) is 28.9 Å². The second-order valence-electron chi connectivity index (χ2n) is 5.12. The van der Waals surface area contributed by atoms with E-state index < -0.39 is 0 Å². The van der Waals surface area contributed by atoms with Gasteiger partial charge in [0.25, 0.3) is 0 Å². The van der Waals surface area contributed by atoms with Gasteiger partial charge in [-0.1, -0.05) is 32.9 Å². The van der Waals surface area contributed by atoms with E-state index in [1.165, 1.54) is 6.20 Å². The van der Waals surface area contributed by atoms with E-state index in [2.05, 4.69) is 31.2 Å². The summed E-state index contributed by atoms with van der Waals surface area (Å²) in [5.41, 5.74) is 0.884. The number of hydrogen-bond acceptors (Lipinski definition) is 3. The van der Waals surface area contributed by atoms with Gasteiger partial charge >= 0.3 is 0 Å². The molecule has 2 rings (SSSR count). The van der Waals surface area contributed by atoms with Crippen LogP contribution in [0.2, 0.25) is 0 Å². The highest BCUT2D eigenvalue weighted by molar-refractivity contribution is 5.77. The van der Waals surface area contributed by atoms with Crippen LogP contribution in [0.1, 0.15) is 20.8 Å². The summed E-state index contributed by atoms with van der Waals surface area (Å²) in [5, 5.41) is 8.48. The van der Waals surface area contributed by atoms with E-state index in [0.717, 1.165) is 24.0 Å². The van der Waals surface area contributed by atoms with Crippen LogP contribution in [0.4, 0.5) is 0 Å². The molecule has 4 nitrogen and oxygen atoms in total. The van der Waals surface area contributed by atoms with Crippen molar-refractivity contribution in [2.24, 2.45) is 5.92 Å². The van der Waals surface area contributed by atoms with Gasteiger partial charge in [-0.25, -0.2) is 0 Å². The van der Waals surface area contributed by atoms with Gasteiger partial charge in [0.1, 0.15) is 0 Å². The van der Waals surface area contributed by atoms with Crippen LogP contribution in [-0.2, 0) is 6.54 Å². The molecular formula is C15H21N3O. The summed E-state index contributed by atoms with van der Waals surface area (Å²) in [4.78, 5) is 11.8. The van der Waals surface area contributed by atoms with Crippen LogP contribution in [0.15, 0.2) is 35.3 Å². The Morgan fingerprint density at radius 2 is 2.05 bits per heavy atom. The highest BCUT2D eigenvalue weighted by Gasteiger charge is 2.14. The van der Waals surface area contributed by atoms with Gasteiger partial charge in [0.05, 0.1) is 18.3 Å². The lowest BCUT2D eigenvalue weighted by Gasteiger charge is -2.23. The van der Waals surface area contributed by atoms with Gasteiger partial charge in [0, 0.05) is 11.4 Å². The maximum atomic E-state index is 11.8. The van der Waals surface area contributed by atoms with E-state index in [1.54, 1.807) is 0 Å². The van der Waals surface area contributed by atoms with Crippen molar-refractivity contribution in [1.29, 1.82) is 0 Å². The predicted octanol–water partition coefficient (Wildman–Crippen LogP) is 2.03. The molecule has 0 aliphatic heterocycles. The summed E-state index contributed by atoms with van der Waals surface area (Å²) in [5.74, 6) is 0.514. The first kappa shape index (κ1) is 13.7.